The van der Waals surface area contributed by atoms with E-state index in [2.05, 4.69) is 15.0 Å². The molecule has 2 aromatic heterocycles. The number of aliphatic hydroxyl groups is 2. The van der Waals surface area contributed by atoms with Crippen molar-refractivity contribution in [1.82, 2.24) is 19.5 Å². The Morgan fingerprint density at radius 2 is 1.66 bits per heavy atom. The van der Waals surface area contributed by atoms with Crippen LogP contribution in [0.1, 0.15) is 17.4 Å². The first-order valence-corrected chi connectivity index (χ1v) is 13.7. The van der Waals surface area contributed by atoms with Gasteiger partial charge in [-0.05, 0) is 38.1 Å². The first-order chi connectivity index (χ1) is 19.4. The second kappa shape index (κ2) is 10.8. The molecule has 1 aliphatic heterocycles. The fraction of sp³-hybridized carbons (Fsp3) is 0.320. The summed E-state index contributed by atoms with van der Waals surface area (Å²) in [4.78, 5) is 22.2. The molecule has 1 aliphatic rings. The summed E-state index contributed by atoms with van der Waals surface area (Å²) in [5.41, 5.74) is 3.30. The van der Waals surface area contributed by atoms with Crippen molar-refractivity contribution in [2.24, 2.45) is 0 Å². The number of nitrogens with one attached hydrogen (secondary N) is 1. The number of aromatic amines is 1. The second-order valence-corrected chi connectivity index (χ2v) is 11.0. The Labute approximate surface area is 231 Å². The van der Waals surface area contributed by atoms with E-state index in [9.17, 15) is 28.4 Å². The number of halogens is 2. The average Bonchev–Trinajstić information content (AvgIpc) is 3.45. The van der Waals surface area contributed by atoms with Crippen LogP contribution >= 0.6 is 7.82 Å². The van der Waals surface area contributed by atoms with E-state index in [1.54, 1.807) is 24.3 Å². The summed E-state index contributed by atoms with van der Waals surface area (Å²) in [5, 5.41) is 21.6. The fourth-order valence-corrected chi connectivity index (χ4v) is 5.49. The number of H-pyrrole nitrogens is 1. The van der Waals surface area contributed by atoms with Gasteiger partial charge in [-0.1, -0.05) is 35.4 Å². The van der Waals surface area contributed by atoms with Crippen molar-refractivity contribution in [2.45, 2.75) is 44.3 Å². The molecule has 0 saturated carbocycles. The Morgan fingerprint density at radius 3 is 2.20 bits per heavy atom. The molecule has 218 valence electrons. The number of hydrogen-bond donors (Lipinski definition) is 4. The lowest BCUT2D eigenvalue weighted by Crippen LogP contribution is -2.52. The number of nitrogens with zero attached hydrogens (tertiary/aromatic N) is 3. The van der Waals surface area contributed by atoms with Crippen LogP contribution < -0.4 is 20.3 Å². The molecule has 1 fully saturated rings. The quantitative estimate of drug-likeness (QED) is 0.209. The number of imidazole rings is 1. The van der Waals surface area contributed by atoms with Crippen LogP contribution in [0.4, 0.5) is 14.7 Å². The molecule has 3 heterocycles. The lowest BCUT2D eigenvalue weighted by molar-refractivity contribution is -0.192. The van der Waals surface area contributed by atoms with Crippen molar-refractivity contribution < 1.29 is 41.9 Å². The SMILES string of the molecule is Cc1ccc(OP(=O)(OC[C@@]2(C(F)F)O[C@@H](n3cnc4c(=O)[nH]c(N)nc43)[C@H](O)[C@@H]2O)Oc2ccc(C)cc2)cc1. The molecule has 0 radical (unpaired) electrons. The van der Waals surface area contributed by atoms with E-state index < -0.39 is 50.5 Å². The number of phosphoric ester groups is 1. The van der Waals surface area contributed by atoms with Gasteiger partial charge in [0.05, 0.1) is 12.9 Å². The summed E-state index contributed by atoms with van der Waals surface area (Å²) in [6.07, 6.45) is -8.42. The largest absolute Gasteiger partial charge is 0.587 e. The number of phosphoric acid groups is 1. The normalized spacial score (nSPS) is 22.9. The van der Waals surface area contributed by atoms with E-state index in [0.29, 0.717) is 0 Å². The Morgan fingerprint density at radius 1 is 1.10 bits per heavy atom. The molecular weight excluding hydrogens is 567 g/mol. The van der Waals surface area contributed by atoms with E-state index in [1.807, 2.05) is 13.8 Å². The van der Waals surface area contributed by atoms with Gasteiger partial charge in [0.1, 0.15) is 23.7 Å². The van der Waals surface area contributed by atoms with Crippen LogP contribution in [0, 0.1) is 13.8 Å². The summed E-state index contributed by atoms with van der Waals surface area (Å²) < 4.78 is 66.0. The molecule has 0 unspecified atom stereocenters. The number of ether oxygens (including phenoxy) is 1. The molecular formula is C25H26F2N5O8P. The summed E-state index contributed by atoms with van der Waals surface area (Å²) in [7, 11) is -4.71. The third kappa shape index (κ3) is 5.54. The van der Waals surface area contributed by atoms with Crippen LogP contribution in [0.3, 0.4) is 0 Å². The first-order valence-electron chi connectivity index (χ1n) is 12.2. The minimum Gasteiger partial charge on any atom is -0.395 e. The molecule has 0 aliphatic carbocycles. The fourth-order valence-electron chi connectivity index (χ4n) is 4.23. The van der Waals surface area contributed by atoms with E-state index in [1.165, 1.54) is 24.3 Å². The van der Waals surface area contributed by atoms with Gasteiger partial charge in [-0.2, -0.15) is 4.98 Å². The van der Waals surface area contributed by atoms with Crippen LogP contribution in [0.15, 0.2) is 59.7 Å². The topological polar surface area (TPSA) is 184 Å². The van der Waals surface area contributed by atoms with Crippen molar-refractivity contribution in [3.05, 3.63) is 76.3 Å². The maximum Gasteiger partial charge on any atom is 0.587 e. The van der Waals surface area contributed by atoms with Gasteiger partial charge in [0.15, 0.2) is 23.0 Å². The van der Waals surface area contributed by atoms with Crippen molar-refractivity contribution in [2.75, 3.05) is 12.3 Å². The van der Waals surface area contributed by atoms with Crippen LogP contribution in [0.2, 0.25) is 0 Å². The van der Waals surface area contributed by atoms with Gasteiger partial charge in [-0.15, -0.1) is 0 Å². The second-order valence-electron chi connectivity index (χ2n) is 9.50. The smallest absolute Gasteiger partial charge is 0.395 e. The summed E-state index contributed by atoms with van der Waals surface area (Å²) in [6.45, 7) is 2.40. The highest BCUT2D eigenvalue weighted by Crippen LogP contribution is 2.52. The minimum atomic E-state index is -4.71. The van der Waals surface area contributed by atoms with Crippen LogP contribution in [0.5, 0.6) is 11.5 Å². The lowest BCUT2D eigenvalue weighted by Gasteiger charge is -2.31. The summed E-state index contributed by atoms with van der Waals surface area (Å²) >= 11 is 0. The van der Waals surface area contributed by atoms with Crippen molar-refractivity contribution >= 4 is 24.9 Å². The summed E-state index contributed by atoms with van der Waals surface area (Å²) in [5.74, 6) is -0.188. The van der Waals surface area contributed by atoms with Gasteiger partial charge >= 0.3 is 7.82 Å². The van der Waals surface area contributed by atoms with Gasteiger partial charge in [-0.3, -0.25) is 18.9 Å². The molecule has 41 heavy (non-hydrogen) atoms. The van der Waals surface area contributed by atoms with Crippen molar-refractivity contribution in [3.8, 4) is 11.5 Å². The number of aryl methyl sites for hydroxylation is 2. The van der Waals surface area contributed by atoms with E-state index >= 15 is 0 Å². The minimum absolute atomic E-state index is 0.0571. The number of hydrogen-bond acceptors (Lipinski definition) is 11. The van der Waals surface area contributed by atoms with E-state index in [0.717, 1.165) is 22.0 Å². The van der Waals surface area contributed by atoms with Crippen molar-refractivity contribution in [1.29, 1.82) is 0 Å². The standard InChI is InChI=1S/C25H26F2N5O8P/c1-13-3-7-15(8-4-13)39-41(36,40-16-9-5-14(2)6-10-16)37-11-25(23(26)27)19(34)18(33)22(38-25)32-12-29-17-20(32)30-24(28)31-21(17)35/h3-10,12,18-19,22-23,33-34H,11H2,1-2H3,(H3,28,30,31,35)/t18-,19+,22-,25-/m1/s1. The maximum atomic E-state index is 14.6. The Bertz CT molecular complexity index is 1600. The number of fused-ring (bicyclic) bond motifs is 1. The monoisotopic (exact) mass is 593 g/mol. The van der Waals surface area contributed by atoms with Gasteiger partial charge in [-0.25, -0.2) is 18.3 Å². The van der Waals surface area contributed by atoms with Crippen LogP contribution in [-0.2, 0) is 13.8 Å². The predicted octanol–water partition coefficient (Wildman–Crippen LogP) is 2.86. The molecule has 0 amide bonds. The third-order valence-electron chi connectivity index (χ3n) is 6.48. The van der Waals surface area contributed by atoms with Gasteiger partial charge < -0.3 is 29.7 Å². The Hall–Kier alpha value is -3.88. The predicted molar refractivity (Wildman–Crippen MR) is 141 cm³/mol. The van der Waals surface area contributed by atoms with Crippen LogP contribution in [-0.4, -0.2) is 60.6 Å². The summed E-state index contributed by atoms with van der Waals surface area (Å²) in [6, 6.07) is 12.6. The maximum absolute atomic E-state index is 14.6. The van der Waals surface area contributed by atoms with Gasteiger partial charge in [0.25, 0.3) is 12.0 Å². The number of anilines is 1. The molecule has 5 N–H and O–H groups in total. The number of nitrogens with two attached hydrogens (primary N) is 1. The lowest BCUT2D eigenvalue weighted by atomic mass is 9.96. The zero-order chi connectivity index (χ0) is 29.5. The van der Waals surface area contributed by atoms with E-state index in [-0.39, 0.29) is 28.6 Å². The highest BCUT2D eigenvalue weighted by atomic mass is 31.2. The first kappa shape index (κ1) is 28.6. The average molecular weight is 593 g/mol. The number of alkyl halides is 2. The zero-order valence-electron chi connectivity index (χ0n) is 21.7. The van der Waals surface area contributed by atoms with Gasteiger partial charge in [0.2, 0.25) is 5.95 Å². The number of nitrogen functional groups attached to an aromatic ring is 1. The van der Waals surface area contributed by atoms with Gasteiger partial charge in [0, 0.05) is 0 Å². The molecule has 1 saturated heterocycles. The molecule has 0 spiro atoms. The molecule has 2 aromatic carbocycles. The molecule has 13 nitrogen and oxygen atoms in total. The third-order valence-corrected chi connectivity index (χ3v) is 7.79. The molecule has 4 aromatic rings. The Balaban J connectivity index is 1.46. The van der Waals surface area contributed by atoms with E-state index in [4.69, 9.17) is 24.0 Å². The number of benzene rings is 2. The number of aromatic nitrogens is 4. The number of aliphatic hydroxyl groups excluding tert-OH is 2. The highest BCUT2D eigenvalue weighted by molar-refractivity contribution is 7.49. The molecule has 4 atom stereocenters. The number of rotatable bonds is 9. The Kier molecular flexibility index (Phi) is 7.57. The molecule has 16 heteroatoms. The van der Waals surface area contributed by atoms with Crippen LogP contribution in [0.25, 0.3) is 11.2 Å². The molecule has 0 bridgehead atoms. The highest BCUT2D eigenvalue weighted by Gasteiger charge is 2.62. The molecule has 5 rings (SSSR count). The van der Waals surface area contributed by atoms with Crippen molar-refractivity contribution in [3.63, 3.8) is 0 Å². The zero-order valence-corrected chi connectivity index (χ0v) is 22.6.